The van der Waals surface area contributed by atoms with Crippen molar-refractivity contribution in [1.82, 2.24) is 34.3 Å². The molecule has 1 N–H and O–H groups in total. The normalized spacial score (nSPS) is 16.4. The van der Waals surface area contributed by atoms with Crippen molar-refractivity contribution in [3.05, 3.63) is 65.8 Å². The SMILES string of the molecule is COc1cccn2nc(C3c4nc[nH]c4CCN3C(=O)c3ccnn3C)cc12. The van der Waals surface area contributed by atoms with Gasteiger partial charge in [0.25, 0.3) is 5.91 Å². The third-order valence-electron chi connectivity index (χ3n) is 5.21. The first-order valence-corrected chi connectivity index (χ1v) is 9.01. The standard InChI is InChI=1S/C19H19N7O2/c1-24-14(5-7-22-24)19(27)25-9-6-12-17(21-11-20-12)18(25)13-10-15-16(28-2)4-3-8-26(15)23-13/h3-5,7-8,10-11,18H,6,9H2,1-2H3,(H,20,21). The highest BCUT2D eigenvalue weighted by Gasteiger charge is 2.37. The number of nitrogens with zero attached hydrogens (tertiary/aromatic N) is 6. The molecule has 0 saturated heterocycles. The Morgan fingerprint density at radius 3 is 3.04 bits per heavy atom. The lowest BCUT2D eigenvalue weighted by atomic mass is 9.99. The Morgan fingerprint density at radius 2 is 2.25 bits per heavy atom. The van der Waals surface area contributed by atoms with Gasteiger partial charge in [0.15, 0.2) is 0 Å². The van der Waals surface area contributed by atoms with Gasteiger partial charge in [0, 0.05) is 38.1 Å². The largest absolute Gasteiger partial charge is 0.494 e. The highest BCUT2D eigenvalue weighted by Crippen LogP contribution is 2.35. The molecule has 0 saturated carbocycles. The Balaban J connectivity index is 1.65. The number of carbonyl (C=O) groups is 1. The molecular formula is C19H19N7O2. The minimum atomic E-state index is -0.387. The van der Waals surface area contributed by atoms with Crippen molar-refractivity contribution >= 4 is 11.4 Å². The van der Waals surface area contributed by atoms with Gasteiger partial charge in [-0.2, -0.15) is 10.2 Å². The van der Waals surface area contributed by atoms with Crippen molar-refractivity contribution in [2.24, 2.45) is 7.05 Å². The second-order valence-corrected chi connectivity index (χ2v) is 6.73. The number of ether oxygens (including phenoxy) is 1. The summed E-state index contributed by atoms with van der Waals surface area (Å²) < 4.78 is 8.81. The lowest BCUT2D eigenvalue weighted by Gasteiger charge is -2.33. The first kappa shape index (κ1) is 16.5. The average Bonchev–Trinajstić information content (AvgIpc) is 3.44. The number of methoxy groups -OCH3 is 1. The number of aryl methyl sites for hydroxylation is 1. The summed E-state index contributed by atoms with van der Waals surface area (Å²) in [5, 5.41) is 8.86. The number of hydrogen-bond donors (Lipinski definition) is 1. The van der Waals surface area contributed by atoms with Crippen LogP contribution < -0.4 is 4.74 Å². The van der Waals surface area contributed by atoms with Crippen molar-refractivity contribution < 1.29 is 9.53 Å². The summed E-state index contributed by atoms with van der Waals surface area (Å²) in [6, 6.07) is 7.06. The number of rotatable bonds is 3. The zero-order valence-corrected chi connectivity index (χ0v) is 15.5. The topological polar surface area (TPSA) is 93.3 Å². The molecule has 9 heteroatoms. The van der Waals surface area contributed by atoms with Gasteiger partial charge in [0.2, 0.25) is 0 Å². The summed E-state index contributed by atoms with van der Waals surface area (Å²) >= 11 is 0. The van der Waals surface area contributed by atoms with Crippen molar-refractivity contribution in [2.75, 3.05) is 13.7 Å². The van der Waals surface area contributed by atoms with Crippen LogP contribution in [0.5, 0.6) is 5.75 Å². The molecule has 1 aliphatic rings. The van der Waals surface area contributed by atoms with E-state index in [1.807, 2.05) is 29.3 Å². The predicted octanol–water partition coefficient (Wildman–Crippen LogP) is 1.59. The fourth-order valence-corrected chi connectivity index (χ4v) is 3.84. The molecule has 5 rings (SSSR count). The van der Waals surface area contributed by atoms with Crippen LogP contribution >= 0.6 is 0 Å². The predicted molar refractivity (Wildman–Crippen MR) is 100 cm³/mol. The zero-order valence-electron chi connectivity index (χ0n) is 15.5. The fourth-order valence-electron chi connectivity index (χ4n) is 3.84. The molecule has 1 aliphatic heterocycles. The molecule has 0 spiro atoms. The van der Waals surface area contributed by atoms with E-state index in [0.717, 1.165) is 28.3 Å². The number of carbonyl (C=O) groups excluding carboxylic acids is 1. The number of aromatic nitrogens is 6. The molecule has 1 amide bonds. The Bertz CT molecular complexity index is 1170. The molecule has 5 heterocycles. The minimum absolute atomic E-state index is 0.0947. The van der Waals surface area contributed by atoms with Crippen molar-refractivity contribution in [2.45, 2.75) is 12.5 Å². The summed E-state index contributed by atoms with van der Waals surface area (Å²) in [6.45, 7) is 0.564. The van der Waals surface area contributed by atoms with E-state index in [0.29, 0.717) is 18.7 Å². The van der Waals surface area contributed by atoms with Crippen molar-refractivity contribution in [1.29, 1.82) is 0 Å². The maximum absolute atomic E-state index is 13.3. The van der Waals surface area contributed by atoms with Crippen LogP contribution in [-0.4, -0.2) is 53.8 Å². The lowest BCUT2D eigenvalue weighted by molar-refractivity contribution is 0.0675. The Kier molecular flexibility index (Phi) is 3.68. The molecule has 28 heavy (non-hydrogen) atoms. The molecule has 0 bridgehead atoms. The number of fused-ring (bicyclic) bond motifs is 2. The van der Waals surface area contributed by atoms with E-state index in [2.05, 4.69) is 15.1 Å². The van der Waals surface area contributed by atoms with E-state index < -0.39 is 0 Å². The molecule has 9 nitrogen and oxygen atoms in total. The Morgan fingerprint density at radius 1 is 1.36 bits per heavy atom. The van der Waals surface area contributed by atoms with Crippen molar-refractivity contribution in [3.63, 3.8) is 0 Å². The summed E-state index contributed by atoms with van der Waals surface area (Å²) in [6.07, 6.45) is 5.88. The van der Waals surface area contributed by atoms with Crippen LogP contribution in [-0.2, 0) is 13.5 Å². The Hall–Kier alpha value is -3.62. The second-order valence-electron chi connectivity index (χ2n) is 6.73. The van der Waals surface area contributed by atoms with Crippen LogP contribution in [0.1, 0.15) is 33.6 Å². The highest BCUT2D eigenvalue weighted by atomic mass is 16.5. The fraction of sp³-hybridized carbons (Fsp3) is 0.263. The van der Waals surface area contributed by atoms with Gasteiger partial charge in [-0.25, -0.2) is 9.50 Å². The van der Waals surface area contributed by atoms with Gasteiger partial charge in [-0.3, -0.25) is 9.48 Å². The van der Waals surface area contributed by atoms with Gasteiger partial charge in [0.1, 0.15) is 23.0 Å². The average molecular weight is 377 g/mol. The maximum atomic E-state index is 13.3. The van der Waals surface area contributed by atoms with Crippen LogP contribution in [0.15, 0.2) is 43.0 Å². The lowest BCUT2D eigenvalue weighted by Crippen LogP contribution is -2.41. The number of nitrogens with one attached hydrogen (secondary N) is 1. The number of pyridine rings is 1. The number of imidazole rings is 1. The van der Waals surface area contributed by atoms with Crippen LogP contribution in [0.2, 0.25) is 0 Å². The molecule has 4 aromatic rings. The number of H-pyrrole nitrogens is 1. The molecule has 4 aromatic heterocycles. The molecule has 1 atom stereocenters. The molecule has 0 aliphatic carbocycles. The smallest absolute Gasteiger partial charge is 0.273 e. The summed E-state index contributed by atoms with van der Waals surface area (Å²) in [7, 11) is 3.40. The first-order valence-electron chi connectivity index (χ1n) is 9.01. The van der Waals surface area contributed by atoms with Gasteiger partial charge in [0.05, 0.1) is 24.8 Å². The minimum Gasteiger partial charge on any atom is -0.494 e. The monoisotopic (exact) mass is 377 g/mol. The van der Waals surface area contributed by atoms with Gasteiger partial charge < -0.3 is 14.6 Å². The number of amides is 1. The zero-order chi connectivity index (χ0) is 19.3. The van der Waals surface area contributed by atoms with Gasteiger partial charge >= 0.3 is 0 Å². The van der Waals surface area contributed by atoms with Crippen LogP contribution in [0.25, 0.3) is 5.52 Å². The van der Waals surface area contributed by atoms with Crippen LogP contribution in [0.3, 0.4) is 0 Å². The van der Waals surface area contributed by atoms with Gasteiger partial charge in [-0.15, -0.1) is 0 Å². The summed E-state index contributed by atoms with van der Waals surface area (Å²) in [5.41, 5.74) is 3.97. The van der Waals surface area contributed by atoms with E-state index in [1.54, 1.807) is 41.9 Å². The highest BCUT2D eigenvalue weighted by molar-refractivity contribution is 5.93. The first-order chi connectivity index (χ1) is 13.7. The van der Waals surface area contributed by atoms with E-state index in [4.69, 9.17) is 9.84 Å². The third kappa shape index (κ3) is 2.39. The molecule has 0 radical (unpaired) electrons. The second kappa shape index (κ2) is 6.22. The van der Waals surface area contributed by atoms with Crippen LogP contribution in [0, 0.1) is 0 Å². The molecule has 0 aromatic carbocycles. The number of aromatic amines is 1. The molecular weight excluding hydrogens is 358 g/mol. The number of hydrogen-bond acceptors (Lipinski definition) is 5. The Labute approximate surface area is 160 Å². The molecule has 1 unspecified atom stereocenters. The molecule has 0 fully saturated rings. The van der Waals surface area contributed by atoms with E-state index in [1.165, 1.54) is 0 Å². The summed E-state index contributed by atoms with van der Waals surface area (Å²) in [5.74, 6) is 0.631. The summed E-state index contributed by atoms with van der Waals surface area (Å²) in [4.78, 5) is 22.8. The van der Waals surface area contributed by atoms with E-state index in [9.17, 15) is 4.79 Å². The van der Waals surface area contributed by atoms with Gasteiger partial charge in [-0.05, 0) is 24.3 Å². The van der Waals surface area contributed by atoms with Crippen molar-refractivity contribution in [3.8, 4) is 5.75 Å². The van der Waals surface area contributed by atoms with E-state index >= 15 is 0 Å². The third-order valence-corrected chi connectivity index (χ3v) is 5.21. The quantitative estimate of drug-likeness (QED) is 0.585. The maximum Gasteiger partial charge on any atom is 0.273 e. The van der Waals surface area contributed by atoms with Gasteiger partial charge in [-0.1, -0.05) is 0 Å². The van der Waals surface area contributed by atoms with E-state index in [-0.39, 0.29) is 11.9 Å². The van der Waals surface area contributed by atoms with Crippen LogP contribution in [0.4, 0.5) is 0 Å². The molecule has 142 valence electrons.